The minimum atomic E-state index is 0.525. The van der Waals surface area contributed by atoms with Crippen LogP contribution in [-0.4, -0.2) is 26.4 Å². The van der Waals surface area contributed by atoms with Crippen molar-refractivity contribution >= 4 is 0 Å². The van der Waals surface area contributed by atoms with Gasteiger partial charge in [-0.2, -0.15) is 5.48 Å². The fourth-order valence-electron chi connectivity index (χ4n) is 3.97. The highest BCUT2D eigenvalue weighted by atomic mass is 16.6. The Bertz CT molecular complexity index is 259. The van der Waals surface area contributed by atoms with Crippen molar-refractivity contribution < 1.29 is 9.57 Å². The molecular weight excluding hydrogens is 250 g/mol. The molecule has 1 heterocycles. The Balaban J connectivity index is 2.03. The topological polar surface area (TPSA) is 30.5 Å². The second kappa shape index (κ2) is 9.01. The predicted molar refractivity (Wildman–Crippen MR) is 82.4 cm³/mol. The van der Waals surface area contributed by atoms with Gasteiger partial charge in [0.05, 0.1) is 6.61 Å². The summed E-state index contributed by atoms with van der Waals surface area (Å²) in [6.07, 6.45) is 11.9. The highest BCUT2D eigenvalue weighted by molar-refractivity contribution is 4.78. The number of fused-ring (bicyclic) bond motifs is 4. The van der Waals surface area contributed by atoms with Crippen LogP contribution in [0.15, 0.2) is 0 Å². The van der Waals surface area contributed by atoms with Crippen molar-refractivity contribution in [1.82, 2.24) is 5.48 Å². The van der Waals surface area contributed by atoms with Crippen LogP contribution < -0.4 is 5.48 Å². The van der Waals surface area contributed by atoms with Gasteiger partial charge in [-0.15, -0.1) is 0 Å². The van der Waals surface area contributed by atoms with Gasteiger partial charge in [0.1, 0.15) is 0 Å². The van der Waals surface area contributed by atoms with Gasteiger partial charge in [0, 0.05) is 19.8 Å². The lowest BCUT2D eigenvalue weighted by Crippen LogP contribution is -2.36. The number of rotatable bonds is 3. The molecule has 3 heteroatoms. The fourth-order valence-corrected chi connectivity index (χ4v) is 3.97. The summed E-state index contributed by atoms with van der Waals surface area (Å²) in [5.74, 6) is 2.46. The number of nitrogens with one attached hydrogen (secondary N) is 1. The Kier molecular flexibility index (Phi) is 7.32. The molecule has 0 aromatic heterocycles. The van der Waals surface area contributed by atoms with Crippen molar-refractivity contribution in [3.05, 3.63) is 0 Å². The maximum absolute atomic E-state index is 5.77. The van der Waals surface area contributed by atoms with Gasteiger partial charge in [-0.3, -0.25) is 0 Å². The van der Waals surface area contributed by atoms with Crippen molar-refractivity contribution in [3.8, 4) is 0 Å². The van der Waals surface area contributed by atoms with Gasteiger partial charge >= 0.3 is 0 Å². The van der Waals surface area contributed by atoms with E-state index >= 15 is 0 Å². The van der Waals surface area contributed by atoms with E-state index in [0.29, 0.717) is 12.0 Å². The van der Waals surface area contributed by atoms with Gasteiger partial charge in [0.25, 0.3) is 0 Å². The van der Waals surface area contributed by atoms with Gasteiger partial charge in [-0.1, -0.05) is 32.6 Å². The first-order chi connectivity index (χ1) is 9.79. The number of hydroxylamine groups is 1. The molecule has 1 saturated carbocycles. The third kappa shape index (κ3) is 5.34. The summed E-state index contributed by atoms with van der Waals surface area (Å²) in [6.45, 7) is 4.20. The first-order valence-corrected chi connectivity index (χ1v) is 8.66. The van der Waals surface area contributed by atoms with Crippen molar-refractivity contribution in [2.45, 2.75) is 70.8 Å². The molecule has 4 unspecified atom stereocenters. The lowest BCUT2D eigenvalue weighted by molar-refractivity contribution is -0.00691. The molecular formula is C17H33NO2. The van der Waals surface area contributed by atoms with E-state index in [0.717, 1.165) is 25.0 Å². The van der Waals surface area contributed by atoms with Gasteiger partial charge in [0.15, 0.2) is 0 Å². The lowest BCUT2D eigenvalue weighted by Gasteiger charge is -2.27. The van der Waals surface area contributed by atoms with Gasteiger partial charge in [-0.05, 0) is 49.9 Å². The van der Waals surface area contributed by atoms with Gasteiger partial charge in [0.2, 0.25) is 0 Å². The molecule has 1 aliphatic carbocycles. The molecule has 3 nitrogen and oxygen atoms in total. The summed E-state index contributed by atoms with van der Waals surface area (Å²) in [5.41, 5.74) is 3.38. The first-order valence-electron chi connectivity index (χ1n) is 8.66. The van der Waals surface area contributed by atoms with E-state index in [2.05, 4.69) is 12.4 Å². The molecule has 0 aromatic carbocycles. The molecule has 2 bridgehead atoms. The quantitative estimate of drug-likeness (QED) is 0.851. The summed E-state index contributed by atoms with van der Waals surface area (Å²) in [7, 11) is 1.81. The summed E-state index contributed by atoms with van der Waals surface area (Å²) in [5, 5.41) is 0. The van der Waals surface area contributed by atoms with Gasteiger partial charge in [-0.25, -0.2) is 0 Å². The third-order valence-corrected chi connectivity index (χ3v) is 5.27. The number of ether oxygens (including phenoxy) is 1. The maximum Gasteiger partial charge on any atom is 0.0684 e. The van der Waals surface area contributed by atoms with Crippen molar-refractivity contribution in [2.75, 3.05) is 20.3 Å². The molecule has 1 N–H and O–H groups in total. The van der Waals surface area contributed by atoms with Crippen molar-refractivity contribution in [3.63, 3.8) is 0 Å². The zero-order chi connectivity index (χ0) is 14.2. The second-order valence-electron chi connectivity index (χ2n) is 6.97. The third-order valence-electron chi connectivity index (χ3n) is 5.27. The monoisotopic (exact) mass is 283 g/mol. The Morgan fingerprint density at radius 1 is 1.10 bits per heavy atom. The molecule has 4 atom stereocenters. The molecule has 1 saturated heterocycles. The van der Waals surface area contributed by atoms with Crippen LogP contribution in [0.4, 0.5) is 0 Å². The lowest BCUT2D eigenvalue weighted by atomic mass is 9.84. The average molecular weight is 283 g/mol. The summed E-state index contributed by atoms with van der Waals surface area (Å²) in [6, 6.07) is 0.525. The highest BCUT2D eigenvalue weighted by Crippen LogP contribution is 2.31. The van der Waals surface area contributed by atoms with Crippen LogP contribution in [0.2, 0.25) is 0 Å². The number of methoxy groups -OCH3 is 1. The largest absolute Gasteiger partial charge is 0.385 e. The zero-order valence-corrected chi connectivity index (χ0v) is 13.4. The van der Waals surface area contributed by atoms with Crippen molar-refractivity contribution in [2.24, 2.45) is 17.8 Å². The van der Waals surface area contributed by atoms with Crippen LogP contribution in [-0.2, 0) is 9.57 Å². The maximum atomic E-state index is 5.77. The molecule has 0 spiro atoms. The highest BCUT2D eigenvalue weighted by Gasteiger charge is 2.26. The van der Waals surface area contributed by atoms with E-state index in [-0.39, 0.29) is 0 Å². The normalized spacial score (nSPS) is 36.9. The molecule has 20 heavy (non-hydrogen) atoms. The Morgan fingerprint density at radius 2 is 1.95 bits per heavy atom. The summed E-state index contributed by atoms with van der Waals surface area (Å²) < 4.78 is 5.31. The molecule has 0 radical (unpaired) electrons. The minimum absolute atomic E-state index is 0.525. The number of hydrogen-bond donors (Lipinski definition) is 1. The Labute approximate surface area is 124 Å². The van der Waals surface area contributed by atoms with E-state index in [1.165, 1.54) is 57.8 Å². The Morgan fingerprint density at radius 3 is 2.80 bits per heavy atom. The molecule has 118 valence electrons. The average Bonchev–Trinajstić information content (AvgIpc) is 2.50. The molecule has 1 aliphatic heterocycles. The van der Waals surface area contributed by atoms with Crippen LogP contribution in [0.5, 0.6) is 0 Å². The first kappa shape index (κ1) is 16.3. The van der Waals surface area contributed by atoms with Crippen LogP contribution in [0.1, 0.15) is 64.7 Å². The minimum Gasteiger partial charge on any atom is -0.385 e. The number of hydrogen-bond acceptors (Lipinski definition) is 3. The van der Waals surface area contributed by atoms with E-state index < -0.39 is 0 Å². The predicted octanol–water partition coefficient (Wildman–Crippen LogP) is 3.93. The molecule has 2 fully saturated rings. The zero-order valence-electron chi connectivity index (χ0n) is 13.4. The molecule has 0 aromatic rings. The molecule has 2 aliphatic rings. The van der Waals surface area contributed by atoms with E-state index in [4.69, 9.17) is 9.57 Å². The summed E-state index contributed by atoms with van der Waals surface area (Å²) >= 11 is 0. The van der Waals surface area contributed by atoms with E-state index in [1.54, 1.807) is 0 Å². The van der Waals surface area contributed by atoms with Crippen LogP contribution in [0.25, 0.3) is 0 Å². The van der Waals surface area contributed by atoms with E-state index in [1.807, 2.05) is 7.11 Å². The molecule has 2 rings (SSSR count). The SMILES string of the molecule is COCCC1CCC2CCONC1CCCCC(C)C2. The second-order valence-corrected chi connectivity index (χ2v) is 6.97. The van der Waals surface area contributed by atoms with Crippen LogP contribution in [0, 0.1) is 17.8 Å². The van der Waals surface area contributed by atoms with Crippen LogP contribution >= 0.6 is 0 Å². The van der Waals surface area contributed by atoms with Gasteiger partial charge < -0.3 is 9.57 Å². The molecule has 0 amide bonds. The summed E-state index contributed by atoms with van der Waals surface area (Å²) in [4.78, 5) is 5.77. The standard InChI is InChI=1S/C17H33NO2/c1-14-5-3-4-6-17-16(10-11-19-2)8-7-15(13-14)9-12-20-18-17/h14-18H,3-13H2,1-2H3. The van der Waals surface area contributed by atoms with E-state index in [9.17, 15) is 0 Å². The smallest absolute Gasteiger partial charge is 0.0684 e. The van der Waals surface area contributed by atoms with Crippen LogP contribution in [0.3, 0.4) is 0 Å². The van der Waals surface area contributed by atoms with Crippen molar-refractivity contribution in [1.29, 1.82) is 0 Å². The fraction of sp³-hybridized carbons (Fsp3) is 1.00. The Hall–Kier alpha value is -0.120.